The fraction of sp³-hybridized carbons (Fsp3) is 0.500. The number of phenols is 1. The van der Waals surface area contributed by atoms with E-state index in [1.807, 2.05) is 23.1 Å². The Hall–Kier alpha value is -3.92. The summed E-state index contributed by atoms with van der Waals surface area (Å²) in [5.74, 6) is -0.297. The number of benzene rings is 2. The van der Waals surface area contributed by atoms with Crippen LogP contribution < -0.4 is 15.4 Å². The van der Waals surface area contributed by atoms with E-state index in [0.717, 1.165) is 16.7 Å². The van der Waals surface area contributed by atoms with Crippen molar-refractivity contribution in [1.29, 1.82) is 0 Å². The predicted octanol–water partition coefficient (Wildman–Crippen LogP) is 2.97. The average molecular weight is 577 g/mol. The topological polar surface area (TPSA) is 128 Å². The van der Waals surface area contributed by atoms with Gasteiger partial charge in [-0.15, -0.1) is 0 Å². The number of nitrogens with one attached hydrogen (secondary N) is 2. The molecular weight excluding hydrogens is 536 g/mol. The molecule has 0 radical (unpaired) electrons. The molecule has 3 heterocycles. The number of fused-ring (bicyclic) bond motifs is 1. The van der Waals surface area contributed by atoms with Gasteiger partial charge in [0.25, 0.3) is 0 Å². The molecule has 0 saturated heterocycles. The molecule has 3 amide bonds. The standard InChI is InChI=1S/C32H40N4O6/c1-20(37)26-6-3-17-36(21(2)38)27-19-29(40)34-14-5-16-35(15-4-13-33-26)32(41)30-25-18-23(27)9-12-28(25)42-31(30)22-7-10-24(39)11-8-22/h7-12,18,26-27,30-31,33,39H,3-6,13-17,19H2,1-2H3,(H,34,40)/t26?,27-,30-,31+/m0/s1. The summed E-state index contributed by atoms with van der Waals surface area (Å²) in [5, 5.41) is 16.2. The van der Waals surface area contributed by atoms with Gasteiger partial charge in [0.05, 0.1) is 18.5 Å². The minimum Gasteiger partial charge on any atom is -0.508 e. The highest BCUT2D eigenvalue weighted by Gasteiger charge is 2.43. The number of phenolic OH excluding ortho intramolecular Hbond substituents is 1. The van der Waals surface area contributed by atoms with E-state index in [1.54, 1.807) is 36.1 Å². The van der Waals surface area contributed by atoms with Crippen molar-refractivity contribution in [2.45, 2.75) is 70.1 Å². The predicted molar refractivity (Wildman–Crippen MR) is 156 cm³/mol. The number of carbonyl (C=O) groups is 4. The quantitative estimate of drug-likeness (QED) is 0.502. The zero-order chi connectivity index (χ0) is 29.8. The van der Waals surface area contributed by atoms with Gasteiger partial charge >= 0.3 is 0 Å². The van der Waals surface area contributed by atoms with Crippen LogP contribution >= 0.6 is 0 Å². The number of nitrogens with zero attached hydrogens (tertiary/aromatic N) is 2. The maximum atomic E-state index is 14.4. The third-order valence-corrected chi connectivity index (χ3v) is 8.57. The first-order valence-corrected chi connectivity index (χ1v) is 14.9. The van der Waals surface area contributed by atoms with Gasteiger partial charge < -0.3 is 30.3 Å². The Morgan fingerprint density at radius 2 is 1.64 bits per heavy atom. The minimum absolute atomic E-state index is 0.0346. The molecule has 0 spiro atoms. The molecule has 0 aliphatic carbocycles. The van der Waals surface area contributed by atoms with Gasteiger partial charge in [-0.3, -0.25) is 19.2 Å². The van der Waals surface area contributed by atoms with Crippen LogP contribution in [0, 0.1) is 0 Å². The van der Waals surface area contributed by atoms with Crippen LogP contribution in [0.3, 0.4) is 0 Å². The van der Waals surface area contributed by atoms with Crippen molar-refractivity contribution in [1.82, 2.24) is 20.4 Å². The Balaban J connectivity index is 1.63. The van der Waals surface area contributed by atoms with Gasteiger partial charge in [-0.05, 0) is 74.5 Å². The highest BCUT2D eigenvalue weighted by molar-refractivity contribution is 5.87. The fourth-order valence-electron chi connectivity index (χ4n) is 6.36. The van der Waals surface area contributed by atoms with Crippen LogP contribution in [-0.2, 0) is 19.2 Å². The van der Waals surface area contributed by atoms with Gasteiger partial charge in [-0.1, -0.05) is 18.2 Å². The Morgan fingerprint density at radius 3 is 2.36 bits per heavy atom. The van der Waals surface area contributed by atoms with Crippen molar-refractivity contribution in [3.63, 3.8) is 0 Å². The van der Waals surface area contributed by atoms with Crippen LogP contribution in [0.4, 0.5) is 0 Å². The van der Waals surface area contributed by atoms with Gasteiger partial charge in [0.1, 0.15) is 29.3 Å². The van der Waals surface area contributed by atoms with Gasteiger partial charge in [0, 0.05) is 38.7 Å². The number of hydrogen-bond donors (Lipinski definition) is 3. The SMILES string of the molecule is CC(=O)C1CCCN(C(C)=O)[C@H]2CC(=O)NCCCN(CCCN1)C(=O)[C@H]1c3cc2ccc3O[C@@H]1c1ccc(O)cc1. The highest BCUT2D eigenvalue weighted by atomic mass is 16.5. The summed E-state index contributed by atoms with van der Waals surface area (Å²) in [7, 11) is 0. The second-order valence-electron chi connectivity index (χ2n) is 11.5. The monoisotopic (exact) mass is 576 g/mol. The first-order chi connectivity index (χ1) is 20.2. The lowest BCUT2D eigenvalue weighted by atomic mass is 9.87. The molecule has 2 aromatic carbocycles. The summed E-state index contributed by atoms with van der Waals surface area (Å²) in [4.78, 5) is 56.6. The van der Waals surface area contributed by atoms with Gasteiger partial charge in [0.2, 0.25) is 17.7 Å². The van der Waals surface area contributed by atoms with Gasteiger partial charge in [0.15, 0.2) is 0 Å². The van der Waals surface area contributed by atoms with Crippen LogP contribution in [0.1, 0.15) is 80.7 Å². The van der Waals surface area contributed by atoms with Crippen molar-refractivity contribution in [3.05, 3.63) is 59.2 Å². The Kier molecular flexibility index (Phi) is 9.11. The molecule has 1 unspecified atom stereocenters. The van der Waals surface area contributed by atoms with Crippen LogP contribution in [0.25, 0.3) is 0 Å². The first-order valence-electron chi connectivity index (χ1n) is 14.9. The summed E-state index contributed by atoms with van der Waals surface area (Å²) < 4.78 is 6.42. The maximum Gasteiger partial charge on any atom is 0.234 e. The van der Waals surface area contributed by atoms with E-state index in [-0.39, 0.29) is 41.7 Å². The zero-order valence-electron chi connectivity index (χ0n) is 24.3. The third-order valence-electron chi connectivity index (χ3n) is 8.57. The molecule has 3 N–H and O–H groups in total. The van der Waals surface area contributed by atoms with Crippen molar-refractivity contribution in [2.24, 2.45) is 0 Å². The van der Waals surface area contributed by atoms with E-state index >= 15 is 0 Å². The molecule has 10 heteroatoms. The van der Waals surface area contributed by atoms with E-state index in [0.29, 0.717) is 64.2 Å². The summed E-state index contributed by atoms with van der Waals surface area (Å²) in [6, 6.07) is 11.4. The summed E-state index contributed by atoms with van der Waals surface area (Å²) in [5.41, 5.74) is 2.26. The minimum atomic E-state index is -0.647. The molecule has 10 nitrogen and oxygen atoms in total. The largest absolute Gasteiger partial charge is 0.508 e. The second-order valence-corrected chi connectivity index (χ2v) is 11.5. The fourth-order valence-corrected chi connectivity index (χ4v) is 6.36. The molecule has 0 saturated carbocycles. The molecule has 224 valence electrons. The van der Waals surface area contributed by atoms with Crippen LogP contribution in [0.2, 0.25) is 0 Å². The lowest BCUT2D eigenvalue weighted by molar-refractivity contribution is -0.135. The molecule has 4 bridgehead atoms. The highest BCUT2D eigenvalue weighted by Crippen LogP contribution is 2.48. The van der Waals surface area contributed by atoms with E-state index < -0.39 is 18.1 Å². The van der Waals surface area contributed by atoms with E-state index in [1.165, 1.54) is 6.92 Å². The molecular formula is C32H40N4O6. The number of amides is 3. The lowest BCUT2D eigenvalue weighted by Gasteiger charge is -2.32. The van der Waals surface area contributed by atoms with Crippen LogP contribution in [0.15, 0.2) is 42.5 Å². The molecule has 42 heavy (non-hydrogen) atoms. The average Bonchev–Trinajstić information content (AvgIpc) is 3.34. The van der Waals surface area contributed by atoms with Gasteiger partial charge in [-0.25, -0.2) is 0 Å². The van der Waals surface area contributed by atoms with Crippen molar-refractivity contribution >= 4 is 23.5 Å². The number of rotatable bonds is 2. The smallest absolute Gasteiger partial charge is 0.234 e. The molecule has 4 atom stereocenters. The summed E-state index contributed by atoms with van der Waals surface area (Å²) in [6.07, 6.45) is 1.86. The maximum absolute atomic E-state index is 14.4. The third kappa shape index (κ3) is 6.43. The Labute approximate surface area is 246 Å². The number of hydrogen-bond acceptors (Lipinski definition) is 7. The summed E-state index contributed by atoms with van der Waals surface area (Å²) in [6.45, 7) is 5.36. The Bertz CT molecular complexity index is 1330. The Morgan fingerprint density at radius 1 is 0.929 bits per heavy atom. The molecule has 3 aliphatic rings. The molecule has 3 aliphatic heterocycles. The first kappa shape index (κ1) is 29.6. The van der Waals surface area contributed by atoms with E-state index in [4.69, 9.17) is 4.74 Å². The number of ether oxygens (including phenoxy) is 1. The van der Waals surface area contributed by atoms with Crippen molar-refractivity contribution in [2.75, 3.05) is 32.7 Å². The van der Waals surface area contributed by atoms with E-state index in [2.05, 4.69) is 10.6 Å². The second kappa shape index (κ2) is 12.9. The number of aromatic hydroxyl groups is 1. The molecule has 0 aromatic heterocycles. The lowest BCUT2D eigenvalue weighted by Crippen LogP contribution is -2.41. The van der Waals surface area contributed by atoms with E-state index in [9.17, 15) is 24.3 Å². The summed E-state index contributed by atoms with van der Waals surface area (Å²) >= 11 is 0. The normalized spacial score (nSPS) is 25.5. The zero-order valence-corrected chi connectivity index (χ0v) is 24.3. The van der Waals surface area contributed by atoms with Crippen LogP contribution in [-0.4, -0.2) is 77.2 Å². The molecule has 0 fully saturated rings. The molecule has 5 rings (SSSR count). The van der Waals surface area contributed by atoms with Crippen molar-refractivity contribution in [3.8, 4) is 11.5 Å². The molecule has 2 aromatic rings. The number of ketones is 1. The number of carbonyl (C=O) groups excluding carboxylic acids is 4. The number of Topliss-reactive ketones (excluding diaryl/α,β-unsaturated/α-hetero) is 1. The van der Waals surface area contributed by atoms with Crippen LogP contribution in [0.5, 0.6) is 11.5 Å². The van der Waals surface area contributed by atoms with Crippen molar-refractivity contribution < 1.29 is 29.0 Å². The van der Waals surface area contributed by atoms with Gasteiger partial charge in [-0.2, -0.15) is 0 Å².